The third kappa shape index (κ3) is 6.12. The molecule has 0 atom stereocenters. The van der Waals surface area contributed by atoms with Gasteiger partial charge >= 0.3 is 0 Å². The Hall–Kier alpha value is -4.32. The van der Waals surface area contributed by atoms with Crippen LogP contribution in [0.3, 0.4) is 0 Å². The Morgan fingerprint density at radius 2 is 1.75 bits per heavy atom. The van der Waals surface area contributed by atoms with Crippen molar-refractivity contribution in [3.8, 4) is 17.4 Å². The monoisotopic (exact) mass is 566 g/mol. The fraction of sp³-hybridized carbons (Fsp3) is 0.321. The maximum absolute atomic E-state index is 13.6. The van der Waals surface area contributed by atoms with E-state index in [0.29, 0.717) is 34.5 Å². The van der Waals surface area contributed by atoms with Crippen molar-refractivity contribution in [1.29, 1.82) is 0 Å². The number of carbonyl (C=O) groups excluding carboxylic acids is 1. The average molecular weight is 567 g/mol. The van der Waals surface area contributed by atoms with E-state index in [1.54, 1.807) is 49.0 Å². The molecule has 0 aliphatic heterocycles. The number of benzene rings is 2. The van der Waals surface area contributed by atoms with Crippen molar-refractivity contribution in [3.63, 3.8) is 0 Å². The topological polar surface area (TPSA) is 136 Å². The summed E-state index contributed by atoms with van der Waals surface area (Å²) in [4.78, 5) is 22.3. The molecule has 0 aliphatic rings. The average Bonchev–Trinajstić information content (AvgIpc) is 3.19. The number of para-hydroxylation sites is 1. The number of hydrogen-bond donors (Lipinski definition) is 3. The minimum atomic E-state index is -3.61. The SMILES string of the molecule is CNc1nc(C)cc(Oc2cccc3cc(C(=O)Nc4cc(C(C)(C)C)cc(NS(C)(=O)=O)c4OC)n(C)c23)n1. The second kappa shape index (κ2) is 10.7. The molecule has 0 fully saturated rings. The summed E-state index contributed by atoms with van der Waals surface area (Å²) < 4.78 is 40.0. The lowest BCUT2D eigenvalue weighted by Crippen LogP contribution is -2.19. The van der Waals surface area contributed by atoms with E-state index in [4.69, 9.17) is 9.47 Å². The number of hydrogen-bond acceptors (Lipinski definition) is 8. The number of amides is 1. The highest BCUT2D eigenvalue weighted by molar-refractivity contribution is 7.92. The van der Waals surface area contributed by atoms with Crippen LogP contribution in [-0.2, 0) is 22.5 Å². The minimum absolute atomic E-state index is 0.203. The molecule has 2 aromatic heterocycles. The summed E-state index contributed by atoms with van der Waals surface area (Å²) in [6, 6.07) is 12.5. The summed E-state index contributed by atoms with van der Waals surface area (Å²) in [6.45, 7) is 7.83. The molecule has 11 nitrogen and oxygen atoms in total. The standard InChI is InChI=1S/C28H34N6O5S/c1-16-12-23(32-27(29-5)30-16)39-22-11-9-10-17-13-21(34(6)24(17)22)26(35)31-19-14-18(28(2,3)4)15-20(25(19)38-7)33-40(8,36)37/h9-15,33H,1-8H3,(H,31,35)(H,29,30,32). The molecule has 2 aromatic carbocycles. The minimum Gasteiger partial charge on any atom is -0.492 e. The van der Waals surface area contributed by atoms with Crippen LogP contribution in [0.5, 0.6) is 17.4 Å². The summed E-state index contributed by atoms with van der Waals surface area (Å²) in [5.41, 5.74) is 2.85. The van der Waals surface area contributed by atoms with Crippen LogP contribution in [0.2, 0.25) is 0 Å². The van der Waals surface area contributed by atoms with Crippen molar-refractivity contribution < 1.29 is 22.7 Å². The second-order valence-electron chi connectivity index (χ2n) is 10.5. The van der Waals surface area contributed by atoms with Crippen LogP contribution < -0.4 is 24.8 Å². The highest BCUT2D eigenvalue weighted by Crippen LogP contribution is 2.40. The largest absolute Gasteiger partial charge is 0.492 e. The highest BCUT2D eigenvalue weighted by Gasteiger charge is 2.24. The predicted molar refractivity (Wildman–Crippen MR) is 157 cm³/mol. The zero-order chi connectivity index (χ0) is 29.4. The molecule has 12 heteroatoms. The number of aryl methyl sites for hydroxylation is 2. The van der Waals surface area contributed by atoms with Gasteiger partial charge in [0.2, 0.25) is 21.9 Å². The number of fused-ring (bicyclic) bond motifs is 1. The molecule has 40 heavy (non-hydrogen) atoms. The molecule has 0 spiro atoms. The summed E-state index contributed by atoms with van der Waals surface area (Å²) in [5, 5.41) is 6.63. The Bertz CT molecular complexity index is 1710. The normalized spacial score (nSPS) is 11.8. The number of carbonyl (C=O) groups is 1. The third-order valence-corrected chi connectivity index (χ3v) is 6.81. The van der Waals surface area contributed by atoms with Gasteiger partial charge in [-0.05, 0) is 42.2 Å². The fourth-order valence-electron chi connectivity index (χ4n) is 4.33. The number of nitrogens with one attached hydrogen (secondary N) is 3. The zero-order valence-corrected chi connectivity index (χ0v) is 24.6. The molecular weight excluding hydrogens is 532 g/mol. The number of sulfonamides is 1. The summed E-state index contributed by atoms with van der Waals surface area (Å²) in [5.74, 6) is 1.12. The van der Waals surface area contributed by atoms with Crippen LogP contribution in [0.15, 0.2) is 42.5 Å². The van der Waals surface area contributed by atoms with E-state index in [2.05, 4.69) is 25.3 Å². The van der Waals surface area contributed by atoms with Crippen molar-refractivity contribution in [1.82, 2.24) is 14.5 Å². The first-order valence-electron chi connectivity index (χ1n) is 12.5. The zero-order valence-electron chi connectivity index (χ0n) is 23.8. The highest BCUT2D eigenvalue weighted by atomic mass is 32.2. The molecule has 1 amide bonds. The number of anilines is 3. The first-order valence-corrected chi connectivity index (χ1v) is 14.4. The number of rotatable bonds is 8. The molecule has 0 radical (unpaired) electrons. The maximum Gasteiger partial charge on any atom is 0.272 e. The van der Waals surface area contributed by atoms with Crippen LogP contribution in [0.4, 0.5) is 17.3 Å². The van der Waals surface area contributed by atoms with E-state index < -0.39 is 15.9 Å². The van der Waals surface area contributed by atoms with Crippen molar-refractivity contribution >= 4 is 44.2 Å². The smallest absolute Gasteiger partial charge is 0.272 e. The van der Waals surface area contributed by atoms with Gasteiger partial charge in [-0.2, -0.15) is 4.98 Å². The van der Waals surface area contributed by atoms with Crippen LogP contribution in [-0.4, -0.2) is 49.3 Å². The van der Waals surface area contributed by atoms with Gasteiger partial charge in [-0.1, -0.05) is 32.9 Å². The Labute approximate surface area is 234 Å². The molecule has 0 unspecified atom stereocenters. The van der Waals surface area contributed by atoms with E-state index >= 15 is 0 Å². The van der Waals surface area contributed by atoms with Crippen LogP contribution in [0.1, 0.15) is 42.5 Å². The fourth-order valence-corrected chi connectivity index (χ4v) is 4.88. The Balaban J connectivity index is 1.75. The van der Waals surface area contributed by atoms with E-state index in [0.717, 1.165) is 22.9 Å². The number of ether oxygens (including phenoxy) is 2. The second-order valence-corrected chi connectivity index (χ2v) is 12.2. The number of aromatic nitrogens is 3. The molecule has 0 saturated carbocycles. The predicted octanol–water partition coefficient (Wildman–Crippen LogP) is 5.04. The molecule has 0 aliphatic carbocycles. The molecule has 3 N–H and O–H groups in total. The van der Waals surface area contributed by atoms with Gasteiger partial charge in [0.1, 0.15) is 5.69 Å². The van der Waals surface area contributed by atoms with E-state index in [9.17, 15) is 13.2 Å². The molecule has 212 valence electrons. The number of nitrogens with zero attached hydrogens (tertiary/aromatic N) is 3. The number of methoxy groups -OCH3 is 1. The van der Waals surface area contributed by atoms with Crippen molar-refractivity contribution in [2.45, 2.75) is 33.1 Å². The lowest BCUT2D eigenvalue weighted by Gasteiger charge is -2.24. The molecule has 2 heterocycles. The van der Waals surface area contributed by atoms with Crippen molar-refractivity contribution in [2.75, 3.05) is 35.8 Å². The van der Waals surface area contributed by atoms with E-state index in [-0.39, 0.29) is 16.9 Å². The van der Waals surface area contributed by atoms with Crippen molar-refractivity contribution in [2.24, 2.45) is 7.05 Å². The van der Waals surface area contributed by atoms with Gasteiger partial charge in [-0.15, -0.1) is 0 Å². The van der Waals surface area contributed by atoms with Gasteiger partial charge < -0.3 is 24.7 Å². The Kier molecular flexibility index (Phi) is 7.66. The van der Waals surface area contributed by atoms with Crippen LogP contribution in [0, 0.1) is 6.92 Å². The van der Waals surface area contributed by atoms with Gasteiger partial charge in [0.05, 0.1) is 30.3 Å². The summed E-state index contributed by atoms with van der Waals surface area (Å²) in [7, 11) is 1.32. The quantitative estimate of drug-likeness (QED) is 0.270. The summed E-state index contributed by atoms with van der Waals surface area (Å²) in [6.07, 6.45) is 1.06. The molecule has 4 rings (SSSR count). The third-order valence-electron chi connectivity index (χ3n) is 6.22. The first-order chi connectivity index (χ1) is 18.7. The van der Waals surface area contributed by atoms with Gasteiger partial charge in [-0.3, -0.25) is 9.52 Å². The van der Waals surface area contributed by atoms with Crippen molar-refractivity contribution in [3.05, 3.63) is 59.4 Å². The summed E-state index contributed by atoms with van der Waals surface area (Å²) >= 11 is 0. The van der Waals surface area contributed by atoms with Gasteiger partial charge in [0.25, 0.3) is 5.91 Å². The van der Waals surface area contributed by atoms with Gasteiger partial charge in [0, 0.05) is 31.2 Å². The molecule has 0 bridgehead atoms. The van der Waals surface area contributed by atoms with Crippen LogP contribution >= 0.6 is 0 Å². The molecule has 4 aromatic rings. The first kappa shape index (κ1) is 28.7. The molecular formula is C28H34N6O5S. The maximum atomic E-state index is 13.6. The Morgan fingerprint density at radius 1 is 1.05 bits per heavy atom. The van der Waals surface area contributed by atoms with Gasteiger partial charge in [-0.25, -0.2) is 13.4 Å². The lowest BCUT2D eigenvalue weighted by atomic mass is 9.86. The van der Waals surface area contributed by atoms with E-state index in [1.807, 2.05) is 39.8 Å². The lowest BCUT2D eigenvalue weighted by molar-refractivity contribution is 0.101. The molecule has 0 saturated heterocycles. The van der Waals surface area contributed by atoms with Gasteiger partial charge in [0.15, 0.2) is 11.5 Å². The van der Waals surface area contributed by atoms with Crippen LogP contribution in [0.25, 0.3) is 10.9 Å². The van der Waals surface area contributed by atoms with E-state index in [1.165, 1.54) is 7.11 Å². The Morgan fingerprint density at radius 3 is 2.38 bits per heavy atom.